The molecule has 0 radical (unpaired) electrons. The van der Waals surface area contributed by atoms with E-state index in [1.165, 1.54) is 6.92 Å². The molecule has 0 fully saturated rings. The van der Waals surface area contributed by atoms with Crippen molar-refractivity contribution in [2.24, 2.45) is 0 Å². The van der Waals surface area contributed by atoms with Gasteiger partial charge in [-0.05, 0) is 31.0 Å². The summed E-state index contributed by atoms with van der Waals surface area (Å²) in [6.07, 6.45) is -1.65. The molecule has 1 aromatic carbocycles. The average Bonchev–Trinajstić information content (AvgIpc) is 3.10. The average molecular weight is 397 g/mol. The number of hydrogen-bond donors (Lipinski definition) is 1. The van der Waals surface area contributed by atoms with E-state index >= 15 is 0 Å². The van der Waals surface area contributed by atoms with Crippen LogP contribution in [0.3, 0.4) is 0 Å². The lowest BCUT2D eigenvalue weighted by molar-refractivity contribution is -0.212. The second-order valence-corrected chi connectivity index (χ2v) is 6.31. The number of amides is 1. The van der Waals surface area contributed by atoms with Crippen LogP contribution >= 0.6 is 0 Å². The Morgan fingerprint density at radius 2 is 1.93 bits per heavy atom. The highest BCUT2D eigenvalue weighted by Crippen LogP contribution is 2.28. The van der Waals surface area contributed by atoms with E-state index in [2.05, 4.69) is 10.4 Å². The first-order valence-electron chi connectivity index (χ1n) is 8.86. The van der Waals surface area contributed by atoms with E-state index in [4.69, 9.17) is 4.74 Å². The maximum absolute atomic E-state index is 12.7. The van der Waals surface area contributed by atoms with Gasteiger partial charge in [0.1, 0.15) is 11.9 Å². The molecule has 0 spiro atoms. The number of carbonyl (C=O) groups is 2. The number of nitrogens with zero attached hydrogens (tertiary/aromatic N) is 2. The first kappa shape index (κ1) is 21.5. The Hall–Kier alpha value is -2.84. The van der Waals surface area contributed by atoms with Crippen LogP contribution in [0.15, 0.2) is 36.7 Å². The van der Waals surface area contributed by atoms with Crippen molar-refractivity contribution in [3.8, 4) is 5.75 Å². The molecule has 1 aromatic heterocycles. The lowest BCUT2D eigenvalue weighted by Crippen LogP contribution is -2.25. The Kier molecular flexibility index (Phi) is 7.19. The SMILES string of the molecule is CCCC(Oc1cnn(C(F)(F)F)c1)c1ccc(C(=O)NCCC(C)=O)cc1. The number of Topliss-reactive ketones (excluding diaryl/α,β-unsaturated/α-hetero) is 1. The van der Waals surface area contributed by atoms with Crippen molar-refractivity contribution in [3.63, 3.8) is 0 Å². The van der Waals surface area contributed by atoms with Gasteiger partial charge in [0.2, 0.25) is 0 Å². The molecule has 1 unspecified atom stereocenters. The highest BCUT2D eigenvalue weighted by Gasteiger charge is 2.32. The van der Waals surface area contributed by atoms with E-state index in [9.17, 15) is 22.8 Å². The van der Waals surface area contributed by atoms with Crippen molar-refractivity contribution in [3.05, 3.63) is 47.8 Å². The lowest BCUT2D eigenvalue weighted by Gasteiger charge is -2.18. The number of alkyl halides is 3. The fourth-order valence-corrected chi connectivity index (χ4v) is 2.53. The summed E-state index contributed by atoms with van der Waals surface area (Å²) in [5, 5.41) is 5.91. The highest BCUT2D eigenvalue weighted by molar-refractivity contribution is 5.94. The Morgan fingerprint density at radius 3 is 2.46 bits per heavy atom. The van der Waals surface area contributed by atoms with Gasteiger partial charge in [-0.3, -0.25) is 9.59 Å². The molecule has 0 bridgehead atoms. The zero-order chi connectivity index (χ0) is 20.7. The molecule has 28 heavy (non-hydrogen) atoms. The van der Waals surface area contributed by atoms with Gasteiger partial charge >= 0.3 is 6.30 Å². The molecule has 0 aliphatic heterocycles. The first-order chi connectivity index (χ1) is 13.2. The van der Waals surface area contributed by atoms with Gasteiger partial charge in [0.25, 0.3) is 5.91 Å². The summed E-state index contributed by atoms with van der Waals surface area (Å²) in [6, 6.07) is 6.63. The number of ether oxygens (including phenoxy) is 1. The number of nitrogens with one attached hydrogen (secondary N) is 1. The molecule has 152 valence electrons. The Labute approximate surface area is 160 Å². The zero-order valence-corrected chi connectivity index (χ0v) is 15.6. The molecular formula is C19H22F3N3O3. The number of ketones is 1. The minimum absolute atomic E-state index is 0.0101. The Balaban J connectivity index is 2.06. The van der Waals surface area contributed by atoms with Crippen LogP contribution in [0.4, 0.5) is 13.2 Å². The normalized spacial score (nSPS) is 12.5. The summed E-state index contributed by atoms with van der Waals surface area (Å²) in [7, 11) is 0. The van der Waals surface area contributed by atoms with Crippen molar-refractivity contribution >= 4 is 11.7 Å². The van der Waals surface area contributed by atoms with Crippen LogP contribution in [0.5, 0.6) is 5.75 Å². The quantitative estimate of drug-likeness (QED) is 0.694. The molecule has 0 aliphatic carbocycles. The van der Waals surface area contributed by atoms with Crippen molar-refractivity contribution in [1.82, 2.24) is 15.1 Å². The number of hydrogen-bond acceptors (Lipinski definition) is 4. The summed E-state index contributed by atoms with van der Waals surface area (Å²) in [6.45, 7) is 3.65. The predicted octanol–water partition coefficient (Wildman–Crippen LogP) is 3.99. The van der Waals surface area contributed by atoms with Crippen LogP contribution in [0.25, 0.3) is 0 Å². The van der Waals surface area contributed by atoms with E-state index in [1.807, 2.05) is 6.92 Å². The summed E-state index contributed by atoms with van der Waals surface area (Å²) in [4.78, 5) is 23.0. The number of carbonyl (C=O) groups excluding carboxylic acids is 2. The molecule has 1 amide bonds. The second kappa shape index (κ2) is 9.38. The third-order valence-electron chi connectivity index (χ3n) is 3.96. The Bertz CT molecular complexity index is 801. The van der Waals surface area contributed by atoms with Crippen LogP contribution in [0.2, 0.25) is 0 Å². The fourth-order valence-electron chi connectivity index (χ4n) is 2.53. The van der Waals surface area contributed by atoms with E-state index in [1.54, 1.807) is 24.3 Å². The maximum Gasteiger partial charge on any atom is 0.504 e. The highest BCUT2D eigenvalue weighted by atomic mass is 19.4. The molecular weight excluding hydrogens is 375 g/mol. The molecule has 9 heteroatoms. The van der Waals surface area contributed by atoms with E-state index < -0.39 is 12.4 Å². The largest absolute Gasteiger partial charge is 0.504 e. The van der Waals surface area contributed by atoms with Crippen molar-refractivity contribution in [2.75, 3.05) is 6.54 Å². The fraction of sp³-hybridized carbons (Fsp3) is 0.421. The zero-order valence-electron chi connectivity index (χ0n) is 15.6. The molecule has 2 aromatic rings. The third-order valence-corrected chi connectivity index (χ3v) is 3.96. The number of halogens is 3. The van der Waals surface area contributed by atoms with Gasteiger partial charge in [-0.15, -0.1) is 13.2 Å². The van der Waals surface area contributed by atoms with Gasteiger partial charge in [0.05, 0.1) is 12.4 Å². The standard InChI is InChI=1S/C19H22F3N3O3/c1-3-4-17(28-16-11-24-25(12-16)19(20,21)22)14-5-7-15(8-6-14)18(27)23-10-9-13(2)26/h5-8,11-12,17H,3-4,9-10H2,1-2H3,(H,23,27). The molecule has 2 rings (SSSR count). The van der Waals surface area contributed by atoms with Crippen LogP contribution in [0, 0.1) is 0 Å². The number of aromatic nitrogens is 2. The van der Waals surface area contributed by atoms with Crippen LogP contribution in [-0.2, 0) is 11.1 Å². The van der Waals surface area contributed by atoms with E-state index in [0.29, 0.717) is 12.0 Å². The van der Waals surface area contributed by atoms with Gasteiger partial charge in [-0.1, -0.05) is 25.5 Å². The third kappa shape index (κ3) is 6.11. The lowest BCUT2D eigenvalue weighted by atomic mass is 10.0. The Morgan fingerprint density at radius 1 is 1.25 bits per heavy atom. The molecule has 1 atom stereocenters. The number of benzene rings is 1. The number of rotatable bonds is 9. The maximum atomic E-state index is 12.7. The van der Waals surface area contributed by atoms with Crippen molar-refractivity contribution in [1.29, 1.82) is 0 Å². The summed E-state index contributed by atoms with van der Waals surface area (Å²) < 4.78 is 43.5. The van der Waals surface area contributed by atoms with Gasteiger partial charge in [0, 0.05) is 18.5 Å². The van der Waals surface area contributed by atoms with Crippen LogP contribution in [0.1, 0.15) is 55.1 Å². The first-order valence-corrected chi connectivity index (χ1v) is 8.86. The van der Waals surface area contributed by atoms with E-state index in [0.717, 1.165) is 24.4 Å². The van der Waals surface area contributed by atoms with Crippen molar-refractivity contribution < 1.29 is 27.5 Å². The molecule has 0 saturated carbocycles. The topological polar surface area (TPSA) is 73.2 Å². The summed E-state index contributed by atoms with van der Waals surface area (Å²) in [5.74, 6) is -0.293. The smallest absolute Gasteiger partial charge is 0.482 e. The monoisotopic (exact) mass is 397 g/mol. The minimum Gasteiger partial charge on any atom is -0.482 e. The van der Waals surface area contributed by atoms with Gasteiger partial charge in [-0.2, -0.15) is 9.78 Å². The second-order valence-electron chi connectivity index (χ2n) is 6.31. The molecule has 1 heterocycles. The van der Waals surface area contributed by atoms with Gasteiger partial charge in [-0.25, -0.2) is 0 Å². The molecule has 6 nitrogen and oxygen atoms in total. The van der Waals surface area contributed by atoms with Crippen LogP contribution < -0.4 is 10.1 Å². The van der Waals surface area contributed by atoms with Gasteiger partial charge < -0.3 is 10.1 Å². The molecule has 1 N–H and O–H groups in total. The van der Waals surface area contributed by atoms with Crippen molar-refractivity contribution in [2.45, 2.75) is 45.5 Å². The summed E-state index contributed by atoms with van der Waals surface area (Å²) in [5.41, 5.74) is 1.16. The molecule has 0 aliphatic rings. The minimum atomic E-state index is -4.60. The van der Waals surface area contributed by atoms with Gasteiger partial charge in [0.15, 0.2) is 5.75 Å². The summed E-state index contributed by atoms with van der Waals surface area (Å²) >= 11 is 0. The molecule has 0 saturated heterocycles. The van der Waals surface area contributed by atoms with Crippen LogP contribution in [-0.4, -0.2) is 28.0 Å². The predicted molar refractivity (Wildman–Crippen MR) is 95.9 cm³/mol. The van der Waals surface area contributed by atoms with E-state index in [-0.39, 0.29) is 35.1 Å².